The maximum Gasteiger partial charge on any atom is 0.280 e. The third kappa shape index (κ3) is 3.24. The van der Waals surface area contributed by atoms with Crippen molar-refractivity contribution in [1.82, 2.24) is 10.2 Å². The minimum absolute atomic E-state index is 0.0961. The molecule has 1 atom stereocenters. The Balaban J connectivity index is 1.91. The molecule has 0 saturated carbocycles. The van der Waals surface area contributed by atoms with E-state index in [1.807, 2.05) is 0 Å². The predicted octanol–water partition coefficient (Wildman–Crippen LogP) is 4.95. The van der Waals surface area contributed by atoms with Crippen LogP contribution < -0.4 is 9.64 Å². The SMILES string of the molecule is COc1ccc(N2C(=O)c3n[nH]c(CC(C)C)c3C2c2ccc(F)cc2C)cc1F. The number of methoxy groups -OCH3 is 1. The van der Waals surface area contributed by atoms with Gasteiger partial charge in [-0.1, -0.05) is 19.9 Å². The number of hydrogen-bond donors (Lipinski definition) is 1. The van der Waals surface area contributed by atoms with E-state index >= 15 is 0 Å². The van der Waals surface area contributed by atoms with E-state index < -0.39 is 11.9 Å². The average molecular weight is 411 g/mol. The van der Waals surface area contributed by atoms with Gasteiger partial charge >= 0.3 is 0 Å². The van der Waals surface area contributed by atoms with Gasteiger partial charge in [0.2, 0.25) is 0 Å². The molecule has 0 saturated heterocycles. The molecule has 0 radical (unpaired) electrons. The van der Waals surface area contributed by atoms with E-state index in [0.717, 1.165) is 16.8 Å². The highest BCUT2D eigenvalue weighted by atomic mass is 19.1. The highest BCUT2D eigenvalue weighted by Crippen LogP contribution is 2.44. The van der Waals surface area contributed by atoms with Gasteiger partial charge in [0.25, 0.3) is 5.91 Å². The third-order valence-electron chi connectivity index (χ3n) is 5.39. The number of aryl methyl sites for hydroxylation is 1. The zero-order valence-corrected chi connectivity index (χ0v) is 17.3. The highest BCUT2D eigenvalue weighted by molar-refractivity contribution is 6.10. The van der Waals surface area contributed by atoms with Crippen LogP contribution in [0.1, 0.15) is 52.8 Å². The molecule has 2 heterocycles. The number of carbonyl (C=O) groups excluding carboxylic acids is 1. The standard InChI is InChI=1S/C23H23F2N3O2/c1-12(2)9-18-20-21(27-26-18)23(29)28(15-6-8-19(30-4)17(25)11-15)22(20)16-7-5-14(24)10-13(16)3/h5-8,10-12,22H,9H2,1-4H3,(H,26,27). The number of aromatic amines is 1. The number of nitrogens with one attached hydrogen (secondary N) is 1. The summed E-state index contributed by atoms with van der Waals surface area (Å²) in [6.45, 7) is 5.97. The van der Waals surface area contributed by atoms with Gasteiger partial charge in [0.1, 0.15) is 5.82 Å². The van der Waals surface area contributed by atoms with Gasteiger partial charge in [-0.25, -0.2) is 8.78 Å². The van der Waals surface area contributed by atoms with Gasteiger partial charge in [0.15, 0.2) is 17.3 Å². The van der Waals surface area contributed by atoms with Gasteiger partial charge in [0, 0.05) is 23.0 Å². The molecule has 2 aromatic carbocycles. The summed E-state index contributed by atoms with van der Waals surface area (Å²) < 4.78 is 33.3. The lowest BCUT2D eigenvalue weighted by molar-refractivity contribution is 0.0988. The summed E-state index contributed by atoms with van der Waals surface area (Å²) in [5.74, 6) is -0.802. The van der Waals surface area contributed by atoms with Crippen LogP contribution in [-0.2, 0) is 6.42 Å². The minimum Gasteiger partial charge on any atom is -0.494 e. The van der Waals surface area contributed by atoms with Crippen molar-refractivity contribution in [1.29, 1.82) is 0 Å². The number of H-pyrrole nitrogens is 1. The van der Waals surface area contributed by atoms with Crippen molar-refractivity contribution < 1.29 is 18.3 Å². The first-order valence-corrected chi connectivity index (χ1v) is 9.82. The molecule has 30 heavy (non-hydrogen) atoms. The molecule has 0 bridgehead atoms. The molecule has 0 fully saturated rings. The van der Waals surface area contributed by atoms with Crippen molar-refractivity contribution in [3.63, 3.8) is 0 Å². The first-order chi connectivity index (χ1) is 14.3. The van der Waals surface area contributed by atoms with Crippen LogP contribution in [0.4, 0.5) is 14.5 Å². The number of anilines is 1. The minimum atomic E-state index is -0.564. The molecule has 1 amide bonds. The topological polar surface area (TPSA) is 58.2 Å². The van der Waals surface area contributed by atoms with Crippen LogP contribution in [0.2, 0.25) is 0 Å². The molecule has 3 aromatic rings. The number of ether oxygens (including phenoxy) is 1. The summed E-state index contributed by atoms with van der Waals surface area (Å²) in [5.41, 5.74) is 3.80. The Bertz CT molecular complexity index is 1120. The van der Waals surface area contributed by atoms with Crippen LogP contribution in [0.15, 0.2) is 36.4 Å². The fraction of sp³-hybridized carbons (Fsp3) is 0.304. The summed E-state index contributed by atoms with van der Waals surface area (Å²) in [5, 5.41) is 7.28. The van der Waals surface area contributed by atoms with Crippen molar-refractivity contribution in [2.45, 2.75) is 33.2 Å². The molecule has 1 N–H and O–H groups in total. The molecule has 0 aliphatic carbocycles. The Hall–Kier alpha value is -3.22. The maximum absolute atomic E-state index is 14.5. The fourth-order valence-electron chi connectivity index (χ4n) is 4.08. The molecule has 0 spiro atoms. The van der Waals surface area contributed by atoms with Crippen LogP contribution in [0.3, 0.4) is 0 Å². The quantitative estimate of drug-likeness (QED) is 0.646. The Morgan fingerprint density at radius 1 is 1.20 bits per heavy atom. The number of aromatic nitrogens is 2. The number of rotatable bonds is 5. The van der Waals surface area contributed by atoms with Gasteiger partial charge in [-0.2, -0.15) is 5.10 Å². The van der Waals surface area contributed by atoms with E-state index in [1.54, 1.807) is 19.1 Å². The molecule has 1 aromatic heterocycles. The van der Waals surface area contributed by atoms with Gasteiger partial charge < -0.3 is 4.74 Å². The Morgan fingerprint density at radius 2 is 1.97 bits per heavy atom. The summed E-state index contributed by atoms with van der Waals surface area (Å²) in [7, 11) is 1.39. The van der Waals surface area contributed by atoms with Crippen LogP contribution in [0.25, 0.3) is 0 Å². The lowest BCUT2D eigenvalue weighted by Gasteiger charge is -2.28. The van der Waals surface area contributed by atoms with Gasteiger partial charge in [-0.3, -0.25) is 14.8 Å². The molecule has 4 rings (SSSR count). The van der Waals surface area contributed by atoms with E-state index in [0.29, 0.717) is 29.3 Å². The second-order valence-corrected chi connectivity index (χ2v) is 7.96. The van der Waals surface area contributed by atoms with Crippen molar-refractivity contribution in [2.24, 2.45) is 5.92 Å². The van der Waals surface area contributed by atoms with Crippen LogP contribution in [-0.4, -0.2) is 23.2 Å². The molecular weight excluding hydrogens is 388 g/mol. The van der Waals surface area contributed by atoms with Gasteiger partial charge in [0.05, 0.1) is 13.2 Å². The highest BCUT2D eigenvalue weighted by Gasteiger charge is 2.43. The normalized spacial score (nSPS) is 15.8. The molecule has 1 aliphatic heterocycles. The summed E-state index contributed by atoms with van der Waals surface area (Å²) in [4.78, 5) is 14.9. The van der Waals surface area contributed by atoms with Crippen LogP contribution >= 0.6 is 0 Å². The molecule has 1 unspecified atom stereocenters. The fourth-order valence-corrected chi connectivity index (χ4v) is 4.08. The number of halogens is 2. The number of benzene rings is 2. The van der Waals surface area contributed by atoms with Crippen molar-refractivity contribution in [3.05, 3.63) is 76.1 Å². The summed E-state index contributed by atoms with van der Waals surface area (Å²) in [6, 6.07) is 8.37. The number of nitrogens with zero attached hydrogens (tertiary/aromatic N) is 2. The lowest BCUT2D eigenvalue weighted by atomic mass is 9.92. The number of hydrogen-bond acceptors (Lipinski definition) is 3. The third-order valence-corrected chi connectivity index (χ3v) is 5.39. The van der Waals surface area contributed by atoms with E-state index in [9.17, 15) is 13.6 Å². The maximum atomic E-state index is 14.5. The number of carbonyl (C=O) groups is 1. The monoisotopic (exact) mass is 411 g/mol. The zero-order chi connectivity index (χ0) is 21.6. The summed E-state index contributed by atoms with van der Waals surface area (Å²) in [6.07, 6.45) is 0.706. The smallest absolute Gasteiger partial charge is 0.280 e. The van der Waals surface area contributed by atoms with E-state index in [-0.39, 0.29) is 17.5 Å². The summed E-state index contributed by atoms with van der Waals surface area (Å²) >= 11 is 0. The molecule has 1 aliphatic rings. The number of amides is 1. The second kappa shape index (κ2) is 7.55. The van der Waals surface area contributed by atoms with E-state index in [4.69, 9.17) is 4.74 Å². The first kappa shape index (κ1) is 20.1. The Labute approximate surface area is 173 Å². The molecule has 156 valence electrons. The molecule has 5 nitrogen and oxygen atoms in total. The number of fused-ring (bicyclic) bond motifs is 1. The van der Waals surface area contributed by atoms with Crippen molar-refractivity contribution in [3.8, 4) is 5.75 Å². The molecule has 7 heteroatoms. The second-order valence-electron chi connectivity index (χ2n) is 7.96. The largest absolute Gasteiger partial charge is 0.494 e. The Kier molecular flexibility index (Phi) is 5.05. The van der Waals surface area contributed by atoms with Gasteiger partial charge in [-0.15, -0.1) is 0 Å². The Morgan fingerprint density at radius 3 is 2.60 bits per heavy atom. The zero-order valence-electron chi connectivity index (χ0n) is 17.3. The average Bonchev–Trinajstić information content (AvgIpc) is 3.21. The van der Waals surface area contributed by atoms with E-state index in [2.05, 4.69) is 24.0 Å². The van der Waals surface area contributed by atoms with Crippen molar-refractivity contribution >= 4 is 11.6 Å². The van der Waals surface area contributed by atoms with E-state index in [1.165, 1.54) is 36.3 Å². The predicted molar refractivity (Wildman–Crippen MR) is 110 cm³/mol. The van der Waals surface area contributed by atoms with Gasteiger partial charge in [-0.05, 0) is 54.7 Å². The first-order valence-electron chi connectivity index (χ1n) is 9.82. The van der Waals surface area contributed by atoms with Crippen LogP contribution in [0, 0.1) is 24.5 Å². The lowest BCUT2D eigenvalue weighted by Crippen LogP contribution is -2.30. The van der Waals surface area contributed by atoms with Crippen LogP contribution in [0.5, 0.6) is 5.75 Å². The molecular formula is C23H23F2N3O2. The van der Waals surface area contributed by atoms with Crippen molar-refractivity contribution in [2.75, 3.05) is 12.0 Å².